The molecular weight excluding hydrogens is 355 g/mol. The lowest BCUT2D eigenvalue weighted by atomic mass is 10.2. The van der Waals surface area contributed by atoms with E-state index >= 15 is 0 Å². The fraction of sp³-hybridized carbons (Fsp3) is 0.0667. The Balaban J connectivity index is 1.90. The Bertz CT molecular complexity index is 796. The number of nitro benzene ring substituents is 1. The molecule has 0 spiro atoms. The normalized spacial score (nSPS) is 10.6. The second-order valence-corrected chi connectivity index (χ2v) is 5.41. The number of halogens is 2. The molecule has 0 aliphatic rings. The number of carbonyl (C=O) groups excluding carboxylic acids is 1. The average Bonchev–Trinajstić information content (AvgIpc) is 2.55. The van der Waals surface area contributed by atoms with Gasteiger partial charge in [-0.05, 0) is 18.2 Å². The van der Waals surface area contributed by atoms with Gasteiger partial charge in [-0.3, -0.25) is 14.9 Å². The molecule has 9 heteroatoms. The van der Waals surface area contributed by atoms with Crippen molar-refractivity contribution >= 4 is 46.7 Å². The molecule has 7 nitrogen and oxygen atoms in total. The SMILES string of the molecule is O=C(CNc1ccccc1Cl)N/N=C\c1ccc(Cl)c([N+](=O)[O-])c1. The van der Waals surface area contributed by atoms with E-state index in [2.05, 4.69) is 15.8 Å². The highest BCUT2D eigenvalue weighted by atomic mass is 35.5. The molecule has 2 rings (SSSR count). The Kier molecular flexibility index (Phi) is 6.11. The van der Waals surface area contributed by atoms with E-state index in [9.17, 15) is 14.9 Å². The molecule has 0 aliphatic heterocycles. The van der Waals surface area contributed by atoms with E-state index in [0.29, 0.717) is 16.3 Å². The standard InChI is InChI=1S/C15H12Cl2N4O3/c16-11-3-1-2-4-13(11)18-9-15(22)20-19-8-10-5-6-12(17)14(7-10)21(23)24/h1-8,18H,9H2,(H,20,22)/b19-8-. The monoisotopic (exact) mass is 366 g/mol. The minimum Gasteiger partial charge on any atom is -0.375 e. The van der Waals surface area contributed by atoms with E-state index < -0.39 is 10.8 Å². The summed E-state index contributed by atoms with van der Waals surface area (Å²) >= 11 is 11.7. The van der Waals surface area contributed by atoms with E-state index in [1.807, 2.05) is 0 Å². The van der Waals surface area contributed by atoms with E-state index in [1.165, 1.54) is 18.3 Å². The molecule has 0 saturated heterocycles. The van der Waals surface area contributed by atoms with E-state index in [-0.39, 0.29) is 17.3 Å². The number of amides is 1. The zero-order valence-corrected chi connectivity index (χ0v) is 13.7. The second kappa shape index (κ2) is 8.28. The van der Waals surface area contributed by atoms with Crippen LogP contribution in [0.25, 0.3) is 0 Å². The summed E-state index contributed by atoms with van der Waals surface area (Å²) in [6.45, 7) is -0.0260. The molecule has 2 aromatic carbocycles. The number of carbonyl (C=O) groups is 1. The maximum absolute atomic E-state index is 11.7. The van der Waals surface area contributed by atoms with Gasteiger partial charge in [-0.1, -0.05) is 41.4 Å². The number of hydrogen-bond donors (Lipinski definition) is 2. The van der Waals surface area contributed by atoms with Crippen LogP contribution < -0.4 is 10.7 Å². The number of hydrazone groups is 1. The summed E-state index contributed by atoms with van der Waals surface area (Å²) in [5, 5.41) is 17.9. The molecule has 2 aromatic rings. The number of benzene rings is 2. The molecule has 0 aromatic heterocycles. The predicted octanol–water partition coefficient (Wildman–Crippen LogP) is 3.46. The quantitative estimate of drug-likeness (QED) is 0.464. The Hall–Kier alpha value is -2.64. The van der Waals surface area contributed by atoms with E-state index in [4.69, 9.17) is 23.2 Å². The van der Waals surface area contributed by atoms with Gasteiger partial charge in [0.05, 0.1) is 28.4 Å². The lowest BCUT2D eigenvalue weighted by Crippen LogP contribution is -2.25. The van der Waals surface area contributed by atoms with Crippen LogP contribution in [0, 0.1) is 10.1 Å². The van der Waals surface area contributed by atoms with Crippen molar-refractivity contribution in [3.05, 3.63) is 68.2 Å². The number of hydrogen-bond acceptors (Lipinski definition) is 5. The lowest BCUT2D eigenvalue weighted by Gasteiger charge is -2.06. The second-order valence-electron chi connectivity index (χ2n) is 4.59. The number of nitrogens with zero attached hydrogens (tertiary/aromatic N) is 2. The van der Waals surface area contributed by atoms with Gasteiger partial charge in [0.1, 0.15) is 5.02 Å². The number of rotatable bonds is 6. The minimum absolute atomic E-state index is 0.0260. The van der Waals surface area contributed by atoms with Gasteiger partial charge in [0.25, 0.3) is 11.6 Å². The fourth-order valence-corrected chi connectivity index (χ4v) is 2.14. The Labute approximate surface area is 147 Å². The van der Waals surface area contributed by atoms with Crippen molar-refractivity contribution in [2.75, 3.05) is 11.9 Å². The van der Waals surface area contributed by atoms with Crippen LogP contribution in [0.4, 0.5) is 11.4 Å². The number of nitro groups is 1. The van der Waals surface area contributed by atoms with E-state index in [1.54, 1.807) is 30.3 Å². The molecule has 0 fully saturated rings. The van der Waals surface area contributed by atoms with Crippen molar-refractivity contribution in [2.24, 2.45) is 5.10 Å². The third-order valence-corrected chi connectivity index (χ3v) is 3.53. The van der Waals surface area contributed by atoms with Crippen LogP contribution in [-0.4, -0.2) is 23.6 Å². The van der Waals surface area contributed by atoms with Gasteiger partial charge < -0.3 is 5.32 Å². The van der Waals surface area contributed by atoms with Crippen LogP contribution in [0.2, 0.25) is 10.0 Å². The summed E-state index contributed by atoms with van der Waals surface area (Å²) in [7, 11) is 0. The fourth-order valence-electron chi connectivity index (χ4n) is 1.75. The van der Waals surface area contributed by atoms with Gasteiger partial charge in [-0.15, -0.1) is 0 Å². The van der Waals surface area contributed by atoms with Crippen LogP contribution in [0.1, 0.15) is 5.56 Å². The van der Waals surface area contributed by atoms with Gasteiger partial charge >= 0.3 is 0 Å². The molecule has 0 radical (unpaired) electrons. The maximum Gasteiger partial charge on any atom is 0.288 e. The first-order chi connectivity index (χ1) is 11.5. The summed E-state index contributed by atoms with van der Waals surface area (Å²) in [5.41, 5.74) is 3.14. The highest BCUT2D eigenvalue weighted by molar-refractivity contribution is 6.33. The number of anilines is 1. The molecule has 1 amide bonds. The highest BCUT2D eigenvalue weighted by Gasteiger charge is 2.11. The highest BCUT2D eigenvalue weighted by Crippen LogP contribution is 2.24. The molecule has 24 heavy (non-hydrogen) atoms. The molecule has 2 N–H and O–H groups in total. The summed E-state index contributed by atoms with van der Waals surface area (Å²) in [5.74, 6) is -0.394. The van der Waals surface area contributed by atoms with Crippen molar-refractivity contribution < 1.29 is 9.72 Å². The smallest absolute Gasteiger partial charge is 0.288 e. The first kappa shape index (κ1) is 17.7. The van der Waals surface area contributed by atoms with Crippen molar-refractivity contribution in [1.82, 2.24) is 5.43 Å². The first-order valence-corrected chi connectivity index (χ1v) is 7.47. The molecule has 0 atom stereocenters. The molecule has 0 bridgehead atoms. The first-order valence-electron chi connectivity index (χ1n) is 6.71. The van der Waals surface area contributed by atoms with Crippen LogP contribution in [0.3, 0.4) is 0 Å². The van der Waals surface area contributed by atoms with Crippen molar-refractivity contribution in [3.63, 3.8) is 0 Å². The molecular formula is C15H12Cl2N4O3. The summed E-state index contributed by atoms with van der Waals surface area (Å²) in [4.78, 5) is 21.9. The zero-order valence-electron chi connectivity index (χ0n) is 12.2. The Morgan fingerprint density at radius 1 is 1.21 bits per heavy atom. The van der Waals surface area contributed by atoms with Crippen LogP contribution in [0.5, 0.6) is 0 Å². The van der Waals surface area contributed by atoms with Crippen LogP contribution in [-0.2, 0) is 4.79 Å². The summed E-state index contributed by atoms with van der Waals surface area (Å²) < 4.78 is 0. The molecule has 124 valence electrons. The minimum atomic E-state index is -0.591. The van der Waals surface area contributed by atoms with E-state index in [0.717, 1.165) is 0 Å². The maximum atomic E-state index is 11.7. The van der Waals surface area contributed by atoms with Gasteiger partial charge in [-0.2, -0.15) is 5.10 Å². The Morgan fingerprint density at radius 3 is 2.67 bits per heavy atom. The van der Waals surface area contributed by atoms with Gasteiger partial charge in [0.2, 0.25) is 0 Å². The average molecular weight is 367 g/mol. The predicted molar refractivity (Wildman–Crippen MR) is 93.8 cm³/mol. The zero-order chi connectivity index (χ0) is 17.5. The molecule has 0 heterocycles. The van der Waals surface area contributed by atoms with Crippen molar-refractivity contribution in [1.29, 1.82) is 0 Å². The summed E-state index contributed by atoms with van der Waals surface area (Å²) in [6, 6.07) is 11.2. The van der Waals surface area contributed by atoms with Gasteiger partial charge in [0, 0.05) is 11.6 Å². The third kappa shape index (κ3) is 4.94. The number of para-hydroxylation sites is 1. The molecule has 0 unspecified atom stereocenters. The molecule has 0 saturated carbocycles. The van der Waals surface area contributed by atoms with Crippen molar-refractivity contribution in [2.45, 2.75) is 0 Å². The largest absolute Gasteiger partial charge is 0.375 e. The summed E-state index contributed by atoms with van der Waals surface area (Å²) in [6.07, 6.45) is 1.29. The molecule has 0 aliphatic carbocycles. The topological polar surface area (TPSA) is 96.6 Å². The Morgan fingerprint density at radius 2 is 1.96 bits per heavy atom. The van der Waals surface area contributed by atoms with Crippen molar-refractivity contribution in [3.8, 4) is 0 Å². The van der Waals surface area contributed by atoms with Crippen LogP contribution >= 0.6 is 23.2 Å². The van der Waals surface area contributed by atoms with Crippen LogP contribution in [0.15, 0.2) is 47.6 Å². The van der Waals surface area contributed by atoms with Gasteiger partial charge in [0.15, 0.2) is 0 Å². The third-order valence-electron chi connectivity index (χ3n) is 2.88. The van der Waals surface area contributed by atoms with Gasteiger partial charge in [-0.25, -0.2) is 5.43 Å². The number of nitrogens with one attached hydrogen (secondary N) is 2. The lowest BCUT2D eigenvalue weighted by molar-refractivity contribution is -0.384.